The van der Waals surface area contributed by atoms with Gasteiger partial charge in [-0.1, -0.05) is 18.5 Å². The van der Waals surface area contributed by atoms with Crippen molar-refractivity contribution in [2.24, 2.45) is 0 Å². The predicted octanol–water partition coefficient (Wildman–Crippen LogP) is 1.97. The van der Waals surface area contributed by atoms with Crippen molar-refractivity contribution in [3.8, 4) is 0 Å². The van der Waals surface area contributed by atoms with Gasteiger partial charge in [-0.3, -0.25) is 9.89 Å². The average molecular weight is 295 g/mol. The minimum atomic E-state index is -1.19. The van der Waals surface area contributed by atoms with Crippen molar-refractivity contribution >= 4 is 29.2 Å². The van der Waals surface area contributed by atoms with E-state index in [0.29, 0.717) is 12.2 Å². The Bertz CT molecular complexity index is 668. The Hall–Kier alpha value is -2.41. The SMILES string of the molecule is CCc1nc(C(=O)Nc2ccc(Cl)cc2C(=O)O)n[nH]1. The van der Waals surface area contributed by atoms with Gasteiger partial charge in [0.1, 0.15) is 5.82 Å². The van der Waals surface area contributed by atoms with Crippen LogP contribution in [0.2, 0.25) is 5.02 Å². The van der Waals surface area contributed by atoms with Crippen LogP contribution in [0.15, 0.2) is 18.2 Å². The molecule has 20 heavy (non-hydrogen) atoms. The van der Waals surface area contributed by atoms with Gasteiger partial charge in [-0.25, -0.2) is 9.78 Å². The lowest BCUT2D eigenvalue weighted by Gasteiger charge is -2.07. The summed E-state index contributed by atoms with van der Waals surface area (Å²) in [5.41, 5.74) is 0.0341. The average Bonchev–Trinajstić information content (AvgIpc) is 2.89. The molecule has 0 bridgehead atoms. The van der Waals surface area contributed by atoms with Gasteiger partial charge >= 0.3 is 5.97 Å². The standard InChI is InChI=1S/C12H11ClN4O3/c1-2-9-15-10(17-16-9)11(18)14-8-4-3-6(13)5-7(8)12(19)20/h3-5H,2H2,1H3,(H,14,18)(H,19,20)(H,15,16,17). The minimum Gasteiger partial charge on any atom is -0.478 e. The Kier molecular flexibility index (Phi) is 3.99. The fourth-order valence-electron chi connectivity index (χ4n) is 1.54. The highest BCUT2D eigenvalue weighted by Crippen LogP contribution is 2.21. The Morgan fingerprint density at radius 1 is 1.45 bits per heavy atom. The molecule has 1 aromatic heterocycles. The highest BCUT2D eigenvalue weighted by Gasteiger charge is 2.17. The van der Waals surface area contributed by atoms with E-state index in [1.54, 1.807) is 0 Å². The number of carbonyl (C=O) groups is 2. The van der Waals surface area contributed by atoms with Crippen LogP contribution in [0, 0.1) is 0 Å². The van der Waals surface area contributed by atoms with Crippen LogP contribution in [-0.2, 0) is 6.42 Å². The van der Waals surface area contributed by atoms with Gasteiger partial charge in [-0.2, -0.15) is 0 Å². The number of carboxylic acid groups (broad SMARTS) is 1. The number of amides is 1. The predicted molar refractivity (Wildman–Crippen MR) is 72.1 cm³/mol. The molecule has 0 aliphatic rings. The second-order valence-corrected chi connectivity index (χ2v) is 4.34. The van der Waals surface area contributed by atoms with Crippen molar-refractivity contribution < 1.29 is 14.7 Å². The molecule has 0 aliphatic heterocycles. The van der Waals surface area contributed by atoms with E-state index in [9.17, 15) is 9.59 Å². The number of benzene rings is 1. The molecule has 8 heteroatoms. The molecule has 2 aromatic rings. The second-order valence-electron chi connectivity index (χ2n) is 3.91. The van der Waals surface area contributed by atoms with Crippen molar-refractivity contribution in [2.45, 2.75) is 13.3 Å². The van der Waals surface area contributed by atoms with Crippen molar-refractivity contribution in [1.29, 1.82) is 0 Å². The second kappa shape index (κ2) is 5.70. The summed E-state index contributed by atoms with van der Waals surface area (Å²) in [4.78, 5) is 27.0. The summed E-state index contributed by atoms with van der Waals surface area (Å²) in [5.74, 6) is -1.25. The van der Waals surface area contributed by atoms with Crippen molar-refractivity contribution in [3.05, 3.63) is 40.4 Å². The van der Waals surface area contributed by atoms with Crippen LogP contribution in [0.4, 0.5) is 5.69 Å². The number of nitrogens with one attached hydrogen (secondary N) is 2. The van der Waals surface area contributed by atoms with Gasteiger partial charge in [0.25, 0.3) is 5.91 Å². The van der Waals surface area contributed by atoms with Gasteiger partial charge in [0, 0.05) is 11.4 Å². The Balaban J connectivity index is 2.25. The fraction of sp³-hybridized carbons (Fsp3) is 0.167. The lowest BCUT2D eigenvalue weighted by atomic mass is 10.2. The highest BCUT2D eigenvalue weighted by atomic mass is 35.5. The molecule has 3 N–H and O–H groups in total. The molecule has 0 fully saturated rings. The first-order chi connectivity index (χ1) is 9.51. The molecule has 2 rings (SSSR count). The van der Waals surface area contributed by atoms with Crippen LogP contribution in [0.5, 0.6) is 0 Å². The first-order valence-corrected chi connectivity index (χ1v) is 6.14. The molecule has 0 aliphatic carbocycles. The van der Waals surface area contributed by atoms with Gasteiger partial charge in [0.15, 0.2) is 0 Å². The number of aromatic nitrogens is 3. The van der Waals surface area contributed by atoms with Crippen LogP contribution in [0.1, 0.15) is 33.7 Å². The summed E-state index contributed by atoms with van der Waals surface area (Å²) in [6.07, 6.45) is 0.613. The zero-order valence-electron chi connectivity index (χ0n) is 10.5. The van der Waals surface area contributed by atoms with Gasteiger partial charge in [0.05, 0.1) is 11.3 Å². The minimum absolute atomic E-state index is 0.0480. The fourth-order valence-corrected chi connectivity index (χ4v) is 1.71. The zero-order chi connectivity index (χ0) is 14.7. The van der Waals surface area contributed by atoms with Crippen LogP contribution in [0.3, 0.4) is 0 Å². The number of nitrogens with zero attached hydrogens (tertiary/aromatic N) is 2. The van der Waals surface area contributed by atoms with E-state index < -0.39 is 11.9 Å². The molecule has 0 spiro atoms. The summed E-state index contributed by atoms with van der Waals surface area (Å²) in [7, 11) is 0. The molecular formula is C12H11ClN4O3. The van der Waals surface area contributed by atoms with Gasteiger partial charge in [-0.05, 0) is 18.2 Å². The Labute approximate surface area is 119 Å². The molecule has 0 saturated heterocycles. The third-order valence-corrected chi connectivity index (χ3v) is 2.77. The molecule has 0 radical (unpaired) electrons. The molecule has 1 aromatic carbocycles. The summed E-state index contributed by atoms with van der Waals surface area (Å²) in [6.45, 7) is 1.87. The molecule has 1 amide bonds. The van der Waals surface area contributed by atoms with E-state index in [1.807, 2.05) is 6.92 Å². The van der Waals surface area contributed by atoms with E-state index in [1.165, 1.54) is 18.2 Å². The van der Waals surface area contributed by atoms with Crippen molar-refractivity contribution in [1.82, 2.24) is 15.2 Å². The number of hydrogen-bond acceptors (Lipinski definition) is 4. The van der Waals surface area contributed by atoms with Crippen LogP contribution >= 0.6 is 11.6 Å². The Morgan fingerprint density at radius 2 is 2.20 bits per heavy atom. The van der Waals surface area contributed by atoms with E-state index in [-0.39, 0.29) is 22.1 Å². The number of carbonyl (C=O) groups excluding carboxylic acids is 1. The maximum atomic E-state index is 11.9. The summed E-state index contributed by atoms with van der Waals surface area (Å²) >= 11 is 5.73. The van der Waals surface area contributed by atoms with Crippen LogP contribution < -0.4 is 5.32 Å². The van der Waals surface area contributed by atoms with Crippen molar-refractivity contribution in [3.63, 3.8) is 0 Å². The number of carboxylic acids is 1. The third-order valence-electron chi connectivity index (χ3n) is 2.53. The van der Waals surface area contributed by atoms with Gasteiger partial charge in [0.2, 0.25) is 5.82 Å². The zero-order valence-corrected chi connectivity index (χ0v) is 11.2. The number of aryl methyl sites for hydroxylation is 1. The molecule has 0 atom stereocenters. The molecule has 104 valence electrons. The normalized spacial score (nSPS) is 10.3. The third kappa shape index (κ3) is 2.94. The lowest BCUT2D eigenvalue weighted by Crippen LogP contribution is -2.16. The summed E-state index contributed by atoms with van der Waals surface area (Å²) < 4.78 is 0. The van der Waals surface area contributed by atoms with Crippen LogP contribution in [0.25, 0.3) is 0 Å². The highest BCUT2D eigenvalue weighted by molar-refractivity contribution is 6.31. The first-order valence-electron chi connectivity index (χ1n) is 5.76. The van der Waals surface area contributed by atoms with Gasteiger partial charge < -0.3 is 10.4 Å². The number of rotatable bonds is 4. The monoisotopic (exact) mass is 294 g/mol. The van der Waals surface area contributed by atoms with Crippen LogP contribution in [-0.4, -0.2) is 32.2 Å². The molecular weight excluding hydrogens is 284 g/mol. The number of hydrogen-bond donors (Lipinski definition) is 3. The Morgan fingerprint density at radius 3 is 2.80 bits per heavy atom. The van der Waals surface area contributed by atoms with E-state index in [0.717, 1.165) is 0 Å². The quantitative estimate of drug-likeness (QED) is 0.799. The molecule has 0 saturated carbocycles. The largest absolute Gasteiger partial charge is 0.478 e. The topological polar surface area (TPSA) is 108 Å². The first kappa shape index (κ1) is 14.0. The number of aromatic amines is 1. The number of anilines is 1. The smallest absolute Gasteiger partial charge is 0.337 e. The van der Waals surface area contributed by atoms with Crippen molar-refractivity contribution in [2.75, 3.05) is 5.32 Å². The lowest BCUT2D eigenvalue weighted by molar-refractivity contribution is 0.0698. The maximum absolute atomic E-state index is 11.9. The molecule has 1 heterocycles. The van der Waals surface area contributed by atoms with E-state index >= 15 is 0 Å². The molecule has 0 unspecified atom stereocenters. The number of H-pyrrole nitrogens is 1. The number of halogens is 1. The maximum Gasteiger partial charge on any atom is 0.337 e. The van der Waals surface area contributed by atoms with Gasteiger partial charge in [-0.15, -0.1) is 5.10 Å². The number of aromatic carboxylic acids is 1. The summed E-state index contributed by atoms with van der Waals surface area (Å²) in [5, 5.41) is 18.2. The molecule has 7 nitrogen and oxygen atoms in total. The van der Waals surface area contributed by atoms with E-state index in [2.05, 4.69) is 20.5 Å². The van der Waals surface area contributed by atoms with E-state index in [4.69, 9.17) is 16.7 Å². The summed E-state index contributed by atoms with van der Waals surface area (Å²) in [6, 6.07) is 4.16.